The highest BCUT2D eigenvalue weighted by Gasteiger charge is 2.43. The van der Waals surface area contributed by atoms with Crippen LogP contribution < -0.4 is 0 Å². The lowest BCUT2D eigenvalue weighted by Gasteiger charge is -2.37. The number of aliphatic hydroxyl groups is 5. The van der Waals surface area contributed by atoms with Crippen molar-refractivity contribution in [2.75, 3.05) is 6.61 Å². The molecule has 1 fully saturated rings. The van der Waals surface area contributed by atoms with E-state index in [1.54, 1.807) is 0 Å². The van der Waals surface area contributed by atoms with E-state index in [2.05, 4.69) is 6.92 Å². The molecule has 1 saturated heterocycles. The first-order chi connectivity index (χ1) is 11.4. The van der Waals surface area contributed by atoms with E-state index < -0.39 is 49.4 Å². The van der Waals surface area contributed by atoms with E-state index in [0.29, 0.717) is 12.8 Å². The summed E-state index contributed by atoms with van der Waals surface area (Å²) in [5.41, 5.74) is 0. The predicted octanol–water partition coefficient (Wildman–Crippen LogP) is -0.559. The maximum atomic E-state index is 11.7. The van der Waals surface area contributed by atoms with Gasteiger partial charge in [0.2, 0.25) is 0 Å². The van der Waals surface area contributed by atoms with Crippen LogP contribution in [0.4, 0.5) is 0 Å². The monoisotopic (exact) mass is 350 g/mol. The highest BCUT2D eigenvalue weighted by molar-refractivity contribution is 5.74. The summed E-state index contributed by atoms with van der Waals surface area (Å²) >= 11 is 0. The van der Waals surface area contributed by atoms with Gasteiger partial charge in [0.25, 0.3) is 0 Å². The Bertz CT molecular complexity index is 364. The summed E-state index contributed by atoms with van der Waals surface area (Å²) in [4.78, 5) is 11.7. The van der Waals surface area contributed by atoms with Crippen LogP contribution in [0.3, 0.4) is 0 Å². The van der Waals surface area contributed by atoms with Crippen molar-refractivity contribution in [3.05, 3.63) is 0 Å². The first-order valence-corrected chi connectivity index (χ1v) is 8.60. The van der Waals surface area contributed by atoms with E-state index >= 15 is 0 Å². The molecule has 0 aromatic heterocycles. The molecule has 0 radical (unpaired) electrons. The second-order valence-corrected chi connectivity index (χ2v) is 6.24. The van der Waals surface area contributed by atoms with Crippen LogP contribution >= 0.6 is 0 Å². The standard InChI is InChI=1S/C16H30O8/c1-2-3-4-5-6-7-8-10(17)15(21)23-9-11-12(18)13(19)14(20)16(22)24-11/h10-14,16-20,22H,2-9H2,1H3/t10?,11-,12-,13+,14-,16?/m1/s1. The molecule has 1 aliphatic heterocycles. The molecule has 0 saturated carbocycles. The number of carbonyl (C=O) groups is 1. The van der Waals surface area contributed by atoms with Crippen LogP contribution in [0.2, 0.25) is 0 Å². The molecule has 0 amide bonds. The van der Waals surface area contributed by atoms with Crippen LogP contribution in [-0.2, 0) is 14.3 Å². The van der Waals surface area contributed by atoms with Gasteiger partial charge in [0.05, 0.1) is 0 Å². The Morgan fingerprint density at radius 3 is 2.29 bits per heavy atom. The molecule has 1 rings (SSSR count). The second-order valence-electron chi connectivity index (χ2n) is 6.24. The fourth-order valence-electron chi connectivity index (χ4n) is 2.56. The number of unbranched alkanes of at least 4 members (excludes halogenated alkanes) is 5. The van der Waals surface area contributed by atoms with Crippen LogP contribution in [-0.4, -0.2) is 74.9 Å². The minimum atomic E-state index is -1.68. The Labute approximate surface area is 142 Å². The Kier molecular flexibility index (Phi) is 9.72. The molecule has 0 spiro atoms. The lowest BCUT2D eigenvalue weighted by Crippen LogP contribution is -2.58. The van der Waals surface area contributed by atoms with E-state index in [4.69, 9.17) is 9.47 Å². The fraction of sp³-hybridized carbons (Fsp3) is 0.938. The maximum absolute atomic E-state index is 11.7. The topological polar surface area (TPSA) is 137 Å². The normalized spacial score (nSPS) is 31.7. The maximum Gasteiger partial charge on any atom is 0.335 e. The van der Waals surface area contributed by atoms with Gasteiger partial charge in [-0.05, 0) is 6.42 Å². The summed E-state index contributed by atoms with van der Waals surface area (Å²) in [5.74, 6) is -0.838. The molecule has 8 nitrogen and oxygen atoms in total. The summed E-state index contributed by atoms with van der Waals surface area (Å²) in [6.07, 6.45) is -2.37. The molecule has 0 aromatic rings. The lowest BCUT2D eigenvalue weighted by atomic mass is 9.99. The van der Waals surface area contributed by atoms with Crippen LogP contribution in [0.25, 0.3) is 0 Å². The van der Waals surface area contributed by atoms with E-state index in [0.717, 1.165) is 25.7 Å². The Hall–Kier alpha value is -0.770. The minimum absolute atomic E-state index is 0.295. The van der Waals surface area contributed by atoms with E-state index in [1.165, 1.54) is 6.42 Å². The SMILES string of the molecule is CCCCCCCCC(O)C(=O)OC[C@H]1OC(O)[C@H](O)[C@@H](O)[C@@H]1O. The molecule has 0 bridgehead atoms. The van der Waals surface area contributed by atoms with Crippen molar-refractivity contribution in [1.82, 2.24) is 0 Å². The van der Waals surface area contributed by atoms with Gasteiger partial charge < -0.3 is 35.0 Å². The third-order valence-electron chi connectivity index (χ3n) is 4.18. The first kappa shape index (κ1) is 21.3. The van der Waals surface area contributed by atoms with Crippen molar-refractivity contribution in [2.24, 2.45) is 0 Å². The third-order valence-corrected chi connectivity index (χ3v) is 4.18. The van der Waals surface area contributed by atoms with Crippen molar-refractivity contribution >= 4 is 5.97 Å². The summed E-state index contributed by atoms with van der Waals surface area (Å²) < 4.78 is 9.75. The molecular formula is C16H30O8. The molecule has 5 N–H and O–H groups in total. The Morgan fingerprint density at radius 1 is 1.00 bits per heavy atom. The van der Waals surface area contributed by atoms with Gasteiger partial charge in [0.1, 0.15) is 31.0 Å². The van der Waals surface area contributed by atoms with Crippen molar-refractivity contribution in [1.29, 1.82) is 0 Å². The molecule has 8 heteroatoms. The highest BCUT2D eigenvalue weighted by Crippen LogP contribution is 2.20. The van der Waals surface area contributed by atoms with E-state index in [-0.39, 0.29) is 0 Å². The number of carbonyl (C=O) groups excluding carboxylic acids is 1. The van der Waals surface area contributed by atoms with Gasteiger partial charge in [-0.25, -0.2) is 4.79 Å². The van der Waals surface area contributed by atoms with E-state index in [1.807, 2.05) is 0 Å². The Morgan fingerprint density at radius 2 is 1.62 bits per heavy atom. The van der Waals surface area contributed by atoms with Gasteiger partial charge in [-0.15, -0.1) is 0 Å². The molecular weight excluding hydrogens is 320 g/mol. The summed E-state index contributed by atoms with van der Waals surface area (Å²) in [5, 5.41) is 47.7. The minimum Gasteiger partial charge on any atom is -0.461 e. The largest absolute Gasteiger partial charge is 0.461 e. The number of rotatable bonds is 10. The molecule has 142 valence electrons. The average Bonchev–Trinajstić information content (AvgIpc) is 2.57. The van der Waals surface area contributed by atoms with Gasteiger partial charge in [-0.2, -0.15) is 0 Å². The van der Waals surface area contributed by atoms with Gasteiger partial charge >= 0.3 is 5.97 Å². The van der Waals surface area contributed by atoms with Crippen molar-refractivity contribution in [2.45, 2.75) is 88.7 Å². The van der Waals surface area contributed by atoms with Crippen LogP contribution in [0.5, 0.6) is 0 Å². The number of esters is 1. The molecule has 0 aromatic carbocycles. The molecule has 1 heterocycles. The quantitative estimate of drug-likeness (QED) is 0.261. The summed E-state index contributed by atoms with van der Waals surface area (Å²) in [6, 6.07) is 0. The zero-order chi connectivity index (χ0) is 18.1. The zero-order valence-electron chi connectivity index (χ0n) is 14.1. The van der Waals surface area contributed by atoms with Crippen molar-refractivity contribution in [3.63, 3.8) is 0 Å². The van der Waals surface area contributed by atoms with Gasteiger partial charge in [0, 0.05) is 0 Å². The van der Waals surface area contributed by atoms with Crippen molar-refractivity contribution in [3.8, 4) is 0 Å². The van der Waals surface area contributed by atoms with Crippen LogP contribution in [0.15, 0.2) is 0 Å². The van der Waals surface area contributed by atoms with Gasteiger partial charge in [-0.1, -0.05) is 45.4 Å². The smallest absolute Gasteiger partial charge is 0.335 e. The molecule has 24 heavy (non-hydrogen) atoms. The van der Waals surface area contributed by atoms with Crippen molar-refractivity contribution < 1.29 is 39.8 Å². The Balaban J connectivity index is 2.24. The fourth-order valence-corrected chi connectivity index (χ4v) is 2.56. The number of hydrogen-bond donors (Lipinski definition) is 5. The number of ether oxygens (including phenoxy) is 2. The third kappa shape index (κ3) is 6.62. The predicted molar refractivity (Wildman–Crippen MR) is 83.9 cm³/mol. The first-order valence-electron chi connectivity index (χ1n) is 8.60. The number of aliphatic hydroxyl groups excluding tert-OH is 5. The summed E-state index contributed by atoms with van der Waals surface area (Å²) in [6.45, 7) is 1.69. The van der Waals surface area contributed by atoms with Crippen LogP contribution in [0.1, 0.15) is 51.9 Å². The second kappa shape index (κ2) is 11.0. The molecule has 6 atom stereocenters. The highest BCUT2D eigenvalue weighted by atomic mass is 16.7. The summed E-state index contributed by atoms with van der Waals surface area (Å²) in [7, 11) is 0. The molecule has 1 aliphatic rings. The van der Waals surface area contributed by atoms with E-state index in [9.17, 15) is 30.3 Å². The molecule has 0 aliphatic carbocycles. The lowest BCUT2D eigenvalue weighted by molar-refractivity contribution is -0.287. The van der Waals surface area contributed by atoms with Gasteiger partial charge in [0.15, 0.2) is 12.4 Å². The zero-order valence-corrected chi connectivity index (χ0v) is 14.1. The number of hydrogen-bond acceptors (Lipinski definition) is 8. The van der Waals surface area contributed by atoms with Crippen LogP contribution in [0, 0.1) is 0 Å². The molecule has 2 unspecified atom stereocenters. The average molecular weight is 350 g/mol. The van der Waals surface area contributed by atoms with Gasteiger partial charge in [-0.3, -0.25) is 0 Å².